The first-order chi connectivity index (χ1) is 13.8. The Morgan fingerprint density at radius 1 is 0.966 bits per heavy atom. The van der Waals surface area contributed by atoms with Crippen LogP contribution in [-0.4, -0.2) is 43.0 Å². The molecule has 0 spiro atoms. The molecule has 1 aliphatic heterocycles. The number of benzene rings is 2. The molecule has 1 N–H and O–H groups in total. The van der Waals surface area contributed by atoms with E-state index in [-0.39, 0.29) is 12.6 Å². The molecule has 0 aliphatic carbocycles. The minimum atomic E-state index is -4.34. The van der Waals surface area contributed by atoms with Gasteiger partial charge in [0.1, 0.15) is 19.1 Å². The summed E-state index contributed by atoms with van der Waals surface area (Å²) >= 11 is 0. The fraction of sp³-hybridized carbons (Fsp3) is 0.455. The topological polar surface area (TPSA) is 38.7 Å². The third-order valence-corrected chi connectivity index (χ3v) is 5.85. The Kier molecular flexibility index (Phi) is 6.39. The first-order valence-corrected chi connectivity index (χ1v) is 9.65. The van der Waals surface area contributed by atoms with Gasteiger partial charge < -0.3 is 19.1 Å². The largest absolute Gasteiger partial charge is 0.493 e. The van der Waals surface area contributed by atoms with Crippen LogP contribution in [0.1, 0.15) is 29.5 Å². The van der Waals surface area contributed by atoms with Gasteiger partial charge in [0.05, 0.1) is 32.9 Å². The van der Waals surface area contributed by atoms with E-state index in [0.717, 1.165) is 42.6 Å². The Bertz CT molecular complexity index is 823. The van der Waals surface area contributed by atoms with Gasteiger partial charge in [-0.15, -0.1) is 0 Å². The predicted molar refractivity (Wildman–Crippen MR) is 104 cm³/mol. The smallest absolute Gasteiger partial charge is 0.416 e. The van der Waals surface area contributed by atoms with E-state index in [4.69, 9.17) is 9.47 Å². The van der Waals surface area contributed by atoms with Gasteiger partial charge in [-0.3, -0.25) is 0 Å². The number of rotatable bonds is 7. The van der Waals surface area contributed by atoms with E-state index >= 15 is 0 Å². The molecule has 0 saturated carbocycles. The number of nitrogens with zero attached hydrogens (tertiary/aromatic N) is 1. The number of quaternary nitrogens is 1. The number of likely N-dealkylation sites (tertiary alicyclic amines) is 1. The van der Waals surface area contributed by atoms with Gasteiger partial charge in [0.15, 0.2) is 11.5 Å². The minimum absolute atomic E-state index is 0.0467. The molecule has 3 rings (SSSR count). The first kappa shape index (κ1) is 21.5. The second kappa shape index (κ2) is 8.63. The molecular weight excluding hydrogens is 383 g/mol. The van der Waals surface area contributed by atoms with Gasteiger partial charge in [0, 0.05) is 24.0 Å². The molecule has 2 aromatic carbocycles. The van der Waals surface area contributed by atoms with Crippen LogP contribution in [0.25, 0.3) is 0 Å². The van der Waals surface area contributed by atoms with Crippen molar-refractivity contribution in [1.82, 2.24) is 0 Å². The molecule has 2 aromatic rings. The fourth-order valence-electron chi connectivity index (χ4n) is 4.34. The molecule has 0 bridgehead atoms. The van der Waals surface area contributed by atoms with Gasteiger partial charge in [-0.25, -0.2) is 0 Å². The lowest BCUT2D eigenvalue weighted by atomic mass is 10.1. The van der Waals surface area contributed by atoms with Crippen molar-refractivity contribution in [2.45, 2.75) is 38.1 Å². The lowest BCUT2D eigenvalue weighted by molar-refractivity contribution is -0.964. The van der Waals surface area contributed by atoms with Crippen LogP contribution >= 0.6 is 0 Å². The van der Waals surface area contributed by atoms with Crippen molar-refractivity contribution in [3.05, 3.63) is 59.2 Å². The molecule has 0 amide bonds. The summed E-state index contributed by atoms with van der Waals surface area (Å²) in [6, 6.07) is 11.2. The molecule has 1 heterocycles. The van der Waals surface area contributed by atoms with E-state index in [1.54, 1.807) is 26.4 Å². The van der Waals surface area contributed by atoms with E-state index in [1.807, 2.05) is 18.2 Å². The maximum atomic E-state index is 12.9. The average Bonchev–Trinajstić information content (AvgIpc) is 3.09. The average molecular weight is 410 g/mol. The number of hydrogen-bond acceptors (Lipinski definition) is 3. The zero-order valence-corrected chi connectivity index (χ0v) is 16.7. The molecule has 1 unspecified atom stereocenters. The highest BCUT2D eigenvalue weighted by Crippen LogP contribution is 2.36. The van der Waals surface area contributed by atoms with Crippen LogP contribution in [0.4, 0.5) is 13.2 Å². The van der Waals surface area contributed by atoms with Crippen LogP contribution in [-0.2, 0) is 19.3 Å². The maximum absolute atomic E-state index is 12.9. The Balaban J connectivity index is 1.89. The van der Waals surface area contributed by atoms with Crippen LogP contribution in [0.3, 0.4) is 0 Å². The van der Waals surface area contributed by atoms with Gasteiger partial charge in [-0.2, -0.15) is 13.2 Å². The van der Waals surface area contributed by atoms with Crippen LogP contribution in [0.2, 0.25) is 0 Å². The van der Waals surface area contributed by atoms with Crippen molar-refractivity contribution in [1.29, 1.82) is 0 Å². The quantitative estimate of drug-likeness (QED) is 0.688. The molecule has 4 nitrogen and oxygen atoms in total. The normalized spacial score (nSPS) is 21.9. The van der Waals surface area contributed by atoms with Crippen LogP contribution in [0, 0.1) is 0 Å². The Labute approximate surface area is 169 Å². The second-order valence-electron chi connectivity index (χ2n) is 7.62. The number of aliphatic hydroxyl groups excluding tert-OH is 1. The van der Waals surface area contributed by atoms with Crippen molar-refractivity contribution in [2.24, 2.45) is 0 Å². The van der Waals surface area contributed by atoms with Crippen LogP contribution < -0.4 is 9.47 Å². The van der Waals surface area contributed by atoms with Gasteiger partial charge >= 0.3 is 6.18 Å². The molecule has 0 radical (unpaired) electrons. The molecular formula is C22H27F3NO3+. The monoisotopic (exact) mass is 410 g/mol. The third-order valence-electron chi connectivity index (χ3n) is 5.85. The van der Waals surface area contributed by atoms with Gasteiger partial charge in [0.25, 0.3) is 0 Å². The molecule has 29 heavy (non-hydrogen) atoms. The van der Waals surface area contributed by atoms with E-state index in [1.165, 1.54) is 0 Å². The van der Waals surface area contributed by atoms with E-state index in [9.17, 15) is 18.3 Å². The molecule has 1 aliphatic rings. The summed E-state index contributed by atoms with van der Waals surface area (Å²) in [5.74, 6) is 1.28. The van der Waals surface area contributed by atoms with Crippen molar-refractivity contribution >= 4 is 0 Å². The lowest BCUT2D eigenvalue weighted by Gasteiger charge is -2.40. The molecule has 7 heteroatoms. The van der Waals surface area contributed by atoms with Crippen molar-refractivity contribution < 1.29 is 32.2 Å². The fourth-order valence-corrected chi connectivity index (χ4v) is 4.34. The van der Waals surface area contributed by atoms with E-state index in [0.29, 0.717) is 29.1 Å². The second-order valence-corrected chi connectivity index (χ2v) is 7.62. The van der Waals surface area contributed by atoms with Gasteiger partial charge in [-0.05, 0) is 30.3 Å². The Morgan fingerprint density at radius 3 is 2.17 bits per heavy atom. The highest BCUT2D eigenvalue weighted by atomic mass is 19.4. The number of halogens is 3. The summed E-state index contributed by atoms with van der Waals surface area (Å²) in [6.45, 7) is 2.14. The zero-order valence-electron chi connectivity index (χ0n) is 16.7. The van der Waals surface area contributed by atoms with Crippen LogP contribution in [0.15, 0.2) is 42.5 Å². The predicted octanol–water partition coefficient (Wildman–Crippen LogP) is 4.39. The van der Waals surface area contributed by atoms with Crippen molar-refractivity contribution in [3.8, 4) is 11.5 Å². The summed E-state index contributed by atoms with van der Waals surface area (Å²) in [5, 5.41) is 9.98. The first-order valence-electron chi connectivity index (χ1n) is 9.65. The lowest BCUT2D eigenvalue weighted by Crippen LogP contribution is -2.51. The van der Waals surface area contributed by atoms with E-state index in [2.05, 4.69) is 0 Å². The maximum Gasteiger partial charge on any atom is 0.416 e. The highest BCUT2D eigenvalue weighted by Gasteiger charge is 2.41. The number of ether oxygens (including phenoxy) is 2. The molecule has 2 atom stereocenters. The number of alkyl halides is 3. The number of hydrogen-bond donors (Lipinski definition) is 1. The van der Waals surface area contributed by atoms with Gasteiger partial charge in [0.2, 0.25) is 0 Å². The minimum Gasteiger partial charge on any atom is -0.493 e. The van der Waals surface area contributed by atoms with Gasteiger partial charge in [-0.1, -0.05) is 12.1 Å². The summed E-state index contributed by atoms with van der Waals surface area (Å²) < 4.78 is 49.9. The summed E-state index contributed by atoms with van der Waals surface area (Å²) in [4.78, 5) is 0. The molecule has 1 fully saturated rings. The summed E-state index contributed by atoms with van der Waals surface area (Å²) in [7, 11) is 3.17. The van der Waals surface area contributed by atoms with Crippen molar-refractivity contribution in [3.63, 3.8) is 0 Å². The SMILES string of the molecule is COc1ccc(C[N+]2(Cc3ccc(C(F)(F)F)cc3)CCC[C@H]2CO)cc1OC. The number of methoxy groups -OCH3 is 2. The third kappa shape index (κ3) is 4.67. The summed E-state index contributed by atoms with van der Waals surface area (Å²) in [6.07, 6.45) is -2.48. The van der Waals surface area contributed by atoms with Crippen LogP contribution in [0.5, 0.6) is 11.5 Å². The molecule has 158 valence electrons. The summed E-state index contributed by atoms with van der Waals surface area (Å²) in [5.41, 5.74) is 1.22. The van der Waals surface area contributed by atoms with E-state index < -0.39 is 11.7 Å². The molecule has 1 saturated heterocycles. The standard InChI is InChI=1S/C22H27F3NO3/c1-28-20-10-7-17(12-21(20)29-2)14-26(11-3-4-19(26)15-27)13-16-5-8-18(9-6-16)22(23,24)25/h5-10,12,19,27H,3-4,11,13-15H2,1-2H3/q+1/t19-,26?/m0/s1. The zero-order chi connectivity index (χ0) is 21.1. The molecule has 0 aromatic heterocycles. The Hall–Kier alpha value is -2.25. The number of aliphatic hydroxyl groups is 1. The van der Waals surface area contributed by atoms with Crippen molar-refractivity contribution in [2.75, 3.05) is 27.4 Å². The highest BCUT2D eigenvalue weighted by molar-refractivity contribution is 5.42. The Morgan fingerprint density at radius 2 is 1.59 bits per heavy atom.